The van der Waals surface area contributed by atoms with Gasteiger partial charge in [-0.25, -0.2) is 19.4 Å². The fourth-order valence-electron chi connectivity index (χ4n) is 8.62. The van der Waals surface area contributed by atoms with Crippen LogP contribution in [0.2, 0.25) is 0 Å². The number of imidazole rings is 1. The van der Waals surface area contributed by atoms with Crippen LogP contribution in [0.15, 0.2) is 36.8 Å². The van der Waals surface area contributed by atoms with Gasteiger partial charge < -0.3 is 70.2 Å². The normalized spacial score (nSPS) is 12.9. The van der Waals surface area contributed by atoms with E-state index in [0.29, 0.717) is 50.2 Å². The van der Waals surface area contributed by atoms with Gasteiger partial charge in [-0.2, -0.15) is 0 Å². The number of rotatable bonds is 55. The number of esters is 1. The molecule has 0 radical (unpaired) electrons. The third-order valence-corrected chi connectivity index (χ3v) is 13.9. The molecule has 0 saturated carbocycles. The second-order valence-electron chi connectivity index (χ2n) is 21.9. The standard InChI is InChI=1S/C62H97N7O19/c1-6-17-55(74)69-59(43(2)3)62(82)88-54(37-47-38-63-42-67-47)53(73)39-66-50(52(72)36-44(4)45(5)70)19-13-14-27-64-57(76)40-86-35-33-84-31-28-65-58(77)41-85-34-32-83-29-16-18-48(71)23-26-51(61(80)81)68-56(75)20-12-10-8-7-9-11-15-30-87-49-24-21-46(22-25-49)60(78)79/h21-22,24-25,38,42-44,50-51,54,59,66H,6-20,23,26-37,39-41H2,1-5H3,(H,63,67)(H,64,76)(H,65,77)(H,68,75)(H,69,74)(H,78,79)(H,80,81)/t44-,50+,51+,54+,59+/m1/s1. The van der Waals surface area contributed by atoms with Crippen LogP contribution >= 0.6 is 0 Å². The smallest absolute Gasteiger partial charge is 0.335 e. The fraction of sp³-hybridized carbons (Fsp3) is 0.677. The zero-order valence-electron chi connectivity index (χ0n) is 52.1. The Kier molecular flexibility index (Phi) is 41.2. The summed E-state index contributed by atoms with van der Waals surface area (Å²) in [4.78, 5) is 144. The average Bonchev–Trinajstić information content (AvgIpc) is 4.21. The number of aliphatic carboxylic acids is 1. The van der Waals surface area contributed by atoms with Gasteiger partial charge in [0.2, 0.25) is 23.6 Å². The first-order valence-corrected chi connectivity index (χ1v) is 30.8. The van der Waals surface area contributed by atoms with Gasteiger partial charge in [0.15, 0.2) is 11.9 Å². The van der Waals surface area contributed by atoms with E-state index < -0.39 is 53.8 Å². The molecule has 0 unspecified atom stereocenters. The average molecular weight is 1240 g/mol. The Bertz CT molecular complexity index is 2400. The quantitative estimate of drug-likeness (QED) is 0.0332. The van der Waals surface area contributed by atoms with E-state index >= 15 is 0 Å². The van der Waals surface area contributed by atoms with Crippen LogP contribution in [0.5, 0.6) is 5.75 Å². The van der Waals surface area contributed by atoms with Crippen molar-refractivity contribution in [3.63, 3.8) is 0 Å². The van der Waals surface area contributed by atoms with Crippen LogP contribution in [0.1, 0.15) is 166 Å². The van der Waals surface area contributed by atoms with Crippen molar-refractivity contribution in [3.05, 3.63) is 48.0 Å². The van der Waals surface area contributed by atoms with Crippen LogP contribution < -0.4 is 31.3 Å². The number of ether oxygens (including phenoxy) is 6. The molecule has 26 nitrogen and oxygen atoms in total. The largest absolute Gasteiger partial charge is 0.494 e. The number of nitrogens with zero attached hydrogens (tertiary/aromatic N) is 1. The lowest BCUT2D eigenvalue weighted by Crippen LogP contribution is -2.49. The molecule has 0 fully saturated rings. The molecule has 88 heavy (non-hydrogen) atoms. The summed E-state index contributed by atoms with van der Waals surface area (Å²) in [5, 5.41) is 32.2. The molecule has 4 amide bonds. The molecule has 1 heterocycles. The molecule has 0 aliphatic rings. The zero-order valence-corrected chi connectivity index (χ0v) is 52.1. The highest BCUT2D eigenvalue weighted by atomic mass is 16.6. The van der Waals surface area contributed by atoms with Crippen molar-refractivity contribution >= 4 is 64.7 Å². The van der Waals surface area contributed by atoms with Gasteiger partial charge in [-0.1, -0.05) is 59.8 Å². The van der Waals surface area contributed by atoms with Gasteiger partial charge in [0.1, 0.15) is 48.4 Å². The SMILES string of the molecule is CCCC(=O)N[C@H](C(=O)O[C@@H](Cc1cnc[nH]1)C(=O)CN[C@@H](CCCCNC(=O)COCCOCCNC(=O)COCCOCCCC(=O)CC[C@H](NC(=O)CCCCCCCCCOc1ccc(C(=O)O)cc1)C(=O)O)C(=O)C[C@@H](C)C(C)=O)C(C)C. The van der Waals surface area contributed by atoms with Crippen molar-refractivity contribution in [3.8, 4) is 5.75 Å². The van der Waals surface area contributed by atoms with Crippen molar-refractivity contribution in [2.24, 2.45) is 11.8 Å². The van der Waals surface area contributed by atoms with Crippen molar-refractivity contribution < 1.29 is 91.4 Å². The highest BCUT2D eigenvalue weighted by molar-refractivity contribution is 5.92. The number of carboxylic acids is 2. The number of carboxylic acid groups (broad SMARTS) is 2. The monoisotopic (exact) mass is 1240 g/mol. The Morgan fingerprint density at radius 3 is 1.84 bits per heavy atom. The van der Waals surface area contributed by atoms with Gasteiger partial charge in [-0.15, -0.1) is 0 Å². The number of benzene rings is 1. The third kappa shape index (κ3) is 37.0. The molecule has 8 N–H and O–H groups in total. The molecule has 1 aromatic carbocycles. The van der Waals surface area contributed by atoms with E-state index in [4.69, 9.17) is 33.5 Å². The highest BCUT2D eigenvalue weighted by Crippen LogP contribution is 2.16. The predicted molar refractivity (Wildman–Crippen MR) is 322 cm³/mol. The first kappa shape index (κ1) is 77.1. The number of nitrogens with one attached hydrogen (secondary N) is 6. The molecule has 2 aromatic rings. The van der Waals surface area contributed by atoms with Crippen LogP contribution in [0.4, 0.5) is 0 Å². The van der Waals surface area contributed by atoms with Gasteiger partial charge in [0.25, 0.3) is 0 Å². The number of aromatic nitrogens is 2. The second kappa shape index (κ2) is 47.1. The maximum Gasteiger partial charge on any atom is 0.335 e. The number of carbonyl (C=O) groups excluding carboxylic acids is 9. The molecule has 0 aliphatic heterocycles. The third-order valence-electron chi connectivity index (χ3n) is 13.9. The highest BCUT2D eigenvalue weighted by Gasteiger charge is 2.32. The molecular weight excluding hydrogens is 1150 g/mol. The minimum absolute atomic E-state index is 0.00120. The summed E-state index contributed by atoms with van der Waals surface area (Å²) in [7, 11) is 0. The number of amides is 4. The van der Waals surface area contributed by atoms with E-state index in [2.05, 4.69) is 36.6 Å². The number of H-pyrrole nitrogens is 1. The molecule has 0 bridgehead atoms. The Balaban J connectivity index is 1.52. The van der Waals surface area contributed by atoms with Crippen molar-refractivity contribution in [2.75, 3.05) is 79.1 Å². The zero-order chi connectivity index (χ0) is 64.9. The Hall–Kier alpha value is -7.00. The molecule has 2 rings (SSSR count). The number of Topliss-reactive ketones (excluding diaryl/α,β-unsaturated/α-hetero) is 4. The van der Waals surface area contributed by atoms with Gasteiger partial charge >= 0.3 is 17.9 Å². The summed E-state index contributed by atoms with van der Waals surface area (Å²) < 4.78 is 33.0. The van der Waals surface area contributed by atoms with Crippen LogP contribution in [-0.4, -0.2) is 188 Å². The van der Waals surface area contributed by atoms with Crippen molar-refractivity contribution in [1.29, 1.82) is 0 Å². The lowest BCUT2D eigenvalue weighted by molar-refractivity contribution is -0.159. The lowest BCUT2D eigenvalue weighted by atomic mass is 9.94. The summed E-state index contributed by atoms with van der Waals surface area (Å²) in [6.07, 6.45) is 10.7. The Labute approximate surface area is 516 Å². The van der Waals surface area contributed by atoms with Crippen LogP contribution in [-0.2, 0) is 78.1 Å². The van der Waals surface area contributed by atoms with Gasteiger partial charge in [0.05, 0.1) is 64.1 Å². The van der Waals surface area contributed by atoms with E-state index in [-0.39, 0.29) is 176 Å². The van der Waals surface area contributed by atoms with E-state index in [0.717, 1.165) is 38.5 Å². The van der Waals surface area contributed by atoms with Crippen LogP contribution in [0, 0.1) is 11.8 Å². The first-order valence-electron chi connectivity index (χ1n) is 30.8. The number of aromatic carboxylic acids is 1. The summed E-state index contributed by atoms with van der Waals surface area (Å²) in [6.45, 7) is 9.74. The van der Waals surface area contributed by atoms with E-state index in [9.17, 15) is 57.8 Å². The van der Waals surface area contributed by atoms with Gasteiger partial charge in [0, 0.05) is 76.0 Å². The second-order valence-corrected chi connectivity index (χ2v) is 21.9. The number of hydrogen-bond donors (Lipinski definition) is 8. The number of carbonyl (C=O) groups is 11. The van der Waals surface area contributed by atoms with Crippen LogP contribution in [0.3, 0.4) is 0 Å². The molecule has 1 aromatic heterocycles. The molecule has 0 aliphatic carbocycles. The first-order chi connectivity index (χ1) is 42.2. The van der Waals surface area contributed by atoms with Crippen molar-refractivity contribution in [2.45, 2.75) is 181 Å². The minimum Gasteiger partial charge on any atom is -0.494 e. The van der Waals surface area contributed by atoms with E-state index in [1.165, 1.54) is 31.6 Å². The summed E-state index contributed by atoms with van der Waals surface area (Å²) in [5.41, 5.74) is 0.737. The number of hydrogen-bond acceptors (Lipinski definition) is 19. The van der Waals surface area contributed by atoms with Gasteiger partial charge in [-0.05, 0) is 88.5 Å². The Morgan fingerprint density at radius 2 is 1.23 bits per heavy atom. The Morgan fingerprint density at radius 1 is 0.602 bits per heavy atom. The number of unbranched alkanes of at least 4 members (excludes halogenated alkanes) is 7. The summed E-state index contributed by atoms with van der Waals surface area (Å²) >= 11 is 0. The number of aromatic amines is 1. The fourth-order valence-corrected chi connectivity index (χ4v) is 8.62. The number of ketones is 4. The summed E-state index contributed by atoms with van der Waals surface area (Å²) in [6, 6.07) is 3.32. The minimum atomic E-state index is -1.27. The maximum atomic E-state index is 13.7. The topological polar surface area (TPSA) is 372 Å². The molecule has 494 valence electrons. The van der Waals surface area contributed by atoms with Crippen molar-refractivity contribution in [1.82, 2.24) is 36.6 Å². The summed E-state index contributed by atoms with van der Waals surface area (Å²) in [5.74, 6) is -5.67. The molecule has 0 saturated heterocycles. The van der Waals surface area contributed by atoms with Crippen LogP contribution in [0.25, 0.3) is 0 Å². The molecule has 26 heteroatoms. The lowest BCUT2D eigenvalue weighted by Gasteiger charge is -2.25. The van der Waals surface area contributed by atoms with Gasteiger partial charge in [-0.3, -0.25) is 38.4 Å². The molecular formula is C62H97N7O19. The predicted octanol–water partition coefficient (Wildman–Crippen LogP) is 4.58. The molecule has 5 atom stereocenters. The van der Waals surface area contributed by atoms with E-state index in [1.807, 2.05) is 6.92 Å². The maximum absolute atomic E-state index is 13.7. The van der Waals surface area contributed by atoms with E-state index in [1.54, 1.807) is 32.9 Å². The molecule has 0 spiro atoms.